The van der Waals surface area contributed by atoms with Crippen molar-refractivity contribution in [3.05, 3.63) is 99.5 Å². The minimum atomic E-state index is -3.95. The molecule has 7 nitrogen and oxygen atoms in total. The van der Waals surface area contributed by atoms with Crippen molar-refractivity contribution in [2.24, 2.45) is 0 Å². The Bertz CT molecular complexity index is 1420. The molecule has 0 fully saturated rings. The average molecular weight is 605 g/mol. The van der Waals surface area contributed by atoms with E-state index in [1.165, 1.54) is 23.1 Å². The summed E-state index contributed by atoms with van der Waals surface area (Å²) in [6.07, 6.45) is 2.96. The number of nitrogens with one attached hydrogen (secondary N) is 1. The summed E-state index contributed by atoms with van der Waals surface area (Å²) >= 11 is 12.5. The lowest BCUT2D eigenvalue weighted by molar-refractivity contribution is -0.140. The van der Waals surface area contributed by atoms with E-state index in [-0.39, 0.29) is 34.6 Å². The van der Waals surface area contributed by atoms with E-state index in [1.807, 2.05) is 68.4 Å². The van der Waals surface area contributed by atoms with E-state index in [0.717, 1.165) is 40.1 Å². The van der Waals surface area contributed by atoms with Crippen LogP contribution in [0.5, 0.6) is 0 Å². The summed E-state index contributed by atoms with van der Waals surface area (Å²) in [4.78, 5) is 29.2. The van der Waals surface area contributed by atoms with Crippen molar-refractivity contribution in [1.82, 2.24) is 10.2 Å². The third-order valence-corrected chi connectivity index (χ3v) is 8.24. The van der Waals surface area contributed by atoms with Crippen molar-refractivity contribution in [1.29, 1.82) is 0 Å². The fourth-order valence-corrected chi connectivity index (χ4v) is 5.59. The number of nitrogens with zero attached hydrogens (tertiary/aromatic N) is 2. The first kappa shape index (κ1) is 31.5. The predicted molar refractivity (Wildman–Crippen MR) is 162 cm³/mol. The molecule has 0 radical (unpaired) electrons. The molecule has 0 aliphatic rings. The number of hydrogen-bond acceptors (Lipinski definition) is 4. The van der Waals surface area contributed by atoms with E-state index < -0.39 is 28.5 Å². The summed E-state index contributed by atoms with van der Waals surface area (Å²) in [5.74, 6) is -0.845. The number of amides is 2. The molecule has 0 unspecified atom stereocenters. The lowest BCUT2D eigenvalue weighted by atomic mass is 10.0. The highest BCUT2D eigenvalue weighted by molar-refractivity contribution is 7.92. The van der Waals surface area contributed by atoms with Gasteiger partial charge in [0.25, 0.3) is 0 Å². The van der Waals surface area contributed by atoms with Crippen LogP contribution in [0.3, 0.4) is 0 Å². The van der Waals surface area contributed by atoms with E-state index >= 15 is 0 Å². The molecule has 0 aliphatic carbocycles. The SMILES string of the molecule is CCCCNC(=O)[C@H](Cc1ccccc1)N(Cc1ccccc1C)C(=O)CN(c1cc(Cl)ccc1Cl)S(C)(=O)=O. The molecule has 3 aromatic rings. The second-order valence-corrected chi connectivity index (χ2v) is 12.4. The van der Waals surface area contributed by atoms with Gasteiger partial charge in [0.1, 0.15) is 12.6 Å². The van der Waals surface area contributed by atoms with Gasteiger partial charge in [-0.3, -0.25) is 13.9 Å². The van der Waals surface area contributed by atoms with Gasteiger partial charge in [-0.15, -0.1) is 0 Å². The third kappa shape index (κ3) is 8.71. The molecule has 3 aromatic carbocycles. The van der Waals surface area contributed by atoms with E-state index in [2.05, 4.69) is 5.32 Å². The van der Waals surface area contributed by atoms with Crippen molar-refractivity contribution in [2.45, 2.75) is 45.7 Å². The zero-order chi connectivity index (χ0) is 29.3. The van der Waals surface area contributed by atoms with Crippen molar-refractivity contribution in [2.75, 3.05) is 23.7 Å². The zero-order valence-corrected chi connectivity index (χ0v) is 25.3. The van der Waals surface area contributed by atoms with E-state index in [4.69, 9.17) is 23.2 Å². The smallest absolute Gasteiger partial charge is 0.244 e. The minimum absolute atomic E-state index is 0.0906. The number of carbonyl (C=O) groups is 2. The molecular formula is C30H35Cl2N3O4S. The number of unbranched alkanes of at least 4 members (excludes halogenated alkanes) is 1. The number of rotatable bonds is 13. The molecule has 40 heavy (non-hydrogen) atoms. The van der Waals surface area contributed by atoms with Crippen LogP contribution in [0.1, 0.15) is 36.5 Å². The maximum Gasteiger partial charge on any atom is 0.244 e. The van der Waals surface area contributed by atoms with Gasteiger partial charge in [0.05, 0.1) is 17.0 Å². The van der Waals surface area contributed by atoms with Crippen molar-refractivity contribution in [3.8, 4) is 0 Å². The van der Waals surface area contributed by atoms with Crippen molar-refractivity contribution >= 4 is 50.7 Å². The molecule has 1 atom stereocenters. The normalized spacial score (nSPS) is 12.0. The summed E-state index contributed by atoms with van der Waals surface area (Å²) < 4.78 is 26.8. The number of carbonyl (C=O) groups excluding carboxylic acids is 2. The van der Waals surface area contributed by atoms with Crippen LogP contribution < -0.4 is 9.62 Å². The molecule has 3 rings (SSSR count). The molecule has 0 aromatic heterocycles. The molecule has 214 valence electrons. The lowest BCUT2D eigenvalue weighted by Crippen LogP contribution is -2.53. The number of anilines is 1. The van der Waals surface area contributed by atoms with E-state index in [1.54, 1.807) is 0 Å². The molecule has 0 bridgehead atoms. The molecular weight excluding hydrogens is 569 g/mol. The Morgan fingerprint density at radius 3 is 2.30 bits per heavy atom. The van der Waals surface area contributed by atoms with Crippen LogP contribution in [0.25, 0.3) is 0 Å². The number of sulfonamides is 1. The topological polar surface area (TPSA) is 86.8 Å². The molecule has 0 saturated heterocycles. The first-order chi connectivity index (χ1) is 19.0. The number of hydrogen-bond donors (Lipinski definition) is 1. The van der Waals surface area contributed by atoms with Gasteiger partial charge in [-0.1, -0.05) is 91.1 Å². The molecule has 0 saturated carbocycles. The molecule has 0 aliphatic heterocycles. The van der Waals surface area contributed by atoms with Gasteiger partial charge < -0.3 is 10.2 Å². The Balaban J connectivity index is 2.07. The second-order valence-electron chi connectivity index (χ2n) is 9.66. The fraction of sp³-hybridized carbons (Fsp3) is 0.333. The average Bonchev–Trinajstić information content (AvgIpc) is 2.91. The Labute approximate surface area is 247 Å². The van der Waals surface area contributed by atoms with Gasteiger partial charge in [0, 0.05) is 24.5 Å². The van der Waals surface area contributed by atoms with Crippen LogP contribution in [0.15, 0.2) is 72.8 Å². The fourth-order valence-electron chi connectivity index (χ4n) is 4.30. The summed E-state index contributed by atoms with van der Waals surface area (Å²) in [6.45, 7) is 3.99. The quantitative estimate of drug-likeness (QED) is 0.257. The molecule has 0 heterocycles. The van der Waals surface area contributed by atoms with Gasteiger partial charge in [0.2, 0.25) is 21.8 Å². The Morgan fingerprint density at radius 1 is 0.975 bits per heavy atom. The van der Waals surface area contributed by atoms with Gasteiger partial charge in [-0.2, -0.15) is 0 Å². The van der Waals surface area contributed by atoms with E-state index in [9.17, 15) is 18.0 Å². The van der Waals surface area contributed by atoms with Gasteiger partial charge >= 0.3 is 0 Å². The van der Waals surface area contributed by atoms with Gasteiger partial charge in [-0.25, -0.2) is 8.42 Å². The lowest BCUT2D eigenvalue weighted by Gasteiger charge is -2.34. The maximum absolute atomic E-state index is 14.1. The summed E-state index contributed by atoms with van der Waals surface area (Å²) in [6, 6.07) is 20.6. The third-order valence-electron chi connectivity index (χ3n) is 6.56. The van der Waals surface area contributed by atoms with Crippen LogP contribution in [-0.4, -0.2) is 50.5 Å². The first-order valence-electron chi connectivity index (χ1n) is 13.1. The maximum atomic E-state index is 14.1. The number of halogens is 2. The molecule has 2 amide bonds. The monoisotopic (exact) mass is 603 g/mol. The Hall–Kier alpha value is -3.07. The highest BCUT2D eigenvalue weighted by Crippen LogP contribution is 2.31. The number of aryl methyl sites for hydroxylation is 1. The van der Waals surface area contributed by atoms with Crippen LogP contribution in [-0.2, 0) is 32.6 Å². The van der Waals surface area contributed by atoms with E-state index in [0.29, 0.717) is 6.54 Å². The van der Waals surface area contributed by atoms with Crippen LogP contribution in [0.2, 0.25) is 10.0 Å². The largest absolute Gasteiger partial charge is 0.354 e. The predicted octanol–water partition coefficient (Wildman–Crippen LogP) is 5.62. The van der Waals surface area contributed by atoms with Crippen molar-refractivity contribution in [3.63, 3.8) is 0 Å². The second kappa shape index (κ2) is 14.5. The summed E-state index contributed by atoms with van der Waals surface area (Å²) in [7, 11) is -3.95. The standard InChI is InChI=1S/C30H35Cl2N3O4S/c1-4-5-17-33-30(37)28(18-23-12-7-6-8-13-23)34(20-24-14-10-9-11-22(24)2)29(36)21-35(40(3,38)39)27-19-25(31)15-16-26(27)32/h6-16,19,28H,4-5,17-18,20-21H2,1-3H3,(H,33,37)/t28-/m0/s1. The van der Waals surface area contributed by atoms with Crippen LogP contribution >= 0.6 is 23.2 Å². The van der Waals surface area contributed by atoms with Crippen molar-refractivity contribution < 1.29 is 18.0 Å². The number of benzene rings is 3. The van der Waals surface area contributed by atoms with Crippen LogP contribution in [0, 0.1) is 6.92 Å². The summed E-state index contributed by atoms with van der Waals surface area (Å²) in [5, 5.41) is 3.37. The first-order valence-corrected chi connectivity index (χ1v) is 15.7. The highest BCUT2D eigenvalue weighted by atomic mass is 35.5. The molecule has 0 spiro atoms. The Morgan fingerprint density at radius 2 is 1.65 bits per heavy atom. The van der Waals surface area contributed by atoms with Gasteiger partial charge in [-0.05, 0) is 48.2 Å². The summed E-state index contributed by atoms with van der Waals surface area (Å²) in [5.41, 5.74) is 2.76. The molecule has 10 heteroatoms. The van der Waals surface area contributed by atoms with Crippen LogP contribution in [0.4, 0.5) is 5.69 Å². The zero-order valence-electron chi connectivity index (χ0n) is 22.9. The molecule has 1 N–H and O–H groups in total. The minimum Gasteiger partial charge on any atom is -0.354 e. The van der Waals surface area contributed by atoms with Gasteiger partial charge in [0.15, 0.2) is 0 Å². The highest BCUT2D eigenvalue weighted by Gasteiger charge is 2.33. The Kier molecular flexibility index (Phi) is 11.4.